The van der Waals surface area contributed by atoms with E-state index in [0.717, 1.165) is 99.3 Å². The summed E-state index contributed by atoms with van der Waals surface area (Å²) in [5, 5.41) is 64.6. The second-order valence-electron chi connectivity index (χ2n) is 28.5. The van der Waals surface area contributed by atoms with Crippen LogP contribution in [-0.2, 0) is 52.3 Å². The predicted octanol–water partition coefficient (Wildman–Crippen LogP) is 14.8. The molecule has 3 aliphatic heterocycles. The molecule has 16 atom stereocenters. The van der Waals surface area contributed by atoms with Crippen molar-refractivity contribution in [2.75, 3.05) is 55.3 Å². The van der Waals surface area contributed by atoms with Crippen molar-refractivity contribution in [1.29, 1.82) is 0 Å². The minimum absolute atomic E-state index is 0.0163. The molecule has 104 heavy (non-hydrogen) atoms. The van der Waals surface area contributed by atoms with E-state index in [-0.39, 0.29) is 97.7 Å². The summed E-state index contributed by atoms with van der Waals surface area (Å²) in [6.45, 7) is 20.2. The number of ketones is 1. The monoisotopic (exact) mass is 1470 g/mol. The molecule has 0 aromatic heterocycles. The number of Topliss-reactive ketones (excluding diaryl/α,β-unsaturated/α-hetero) is 1. The number of amides is 1. The molecule has 594 valence electrons. The highest BCUT2D eigenvalue weighted by molar-refractivity contribution is 5.82. The van der Waals surface area contributed by atoms with Crippen molar-refractivity contribution in [3.63, 3.8) is 0 Å². The average molecular weight is 1470 g/mol. The van der Waals surface area contributed by atoms with Gasteiger partial charge in [0.2, 0.25) is 5.91 Å². The van der Waals surface area contributed by atoms with E-state index in [4.69, 9.17) is 33.2 Å². The highest BCUT2D eigenvalue weighted by Crippen LogP contribution is 2.39. The SMILES string of the molecule is CO[C@H]1/C=C/CC/C=C/C(=O)OC/C(C)=C\[C@@H](C)[C@@H]1O.CO[C@H]1/C=C/CCCCC(=O)CC/C(C)=C\[C@@H](C)[C@@H]1O.CO[C@H]1/C=C/CCCCC(=O)NC/C(C)=C\[C@@H](C)[C@@H]1O.CO[C@H]1/C=C/CCCCC(=O)OC/C(C)=C\[C@@H](C)[C@@H]1O.CO[C@H]1/C=C/CCCCC(O)(C(F)(F)F)CC/C(C)=C\[C@@H](C)[C@@H]1O. The molecule has 1 amide bonds. The van der Waals surface area contributed by atoms with Gasteiger partial charge in [0.05, 0.1) is 30.5 Å². The van der Waals surface area contributed by atoms with Gasteiger partial charge in [-0.15, -0.1) is 0 Å². The number of methoxy groups -OCH3 is 5. The van der Waals surface area contributed by atoms with Gasteiger partial charge in [0.15, 0.2) is 5.60 Å². The minimum Gasteiger partial charge on any atom is -0.461 e. The number of alkyl halides is 3. The van der Waals surface area contributed by atoms with Crippen LogP contribution < -0.4 is 5.32 Å². The van der Waals surface area contributed by atoms with Crippen LogP contribution in [0.2, 0.25) is 0 Å². The van der Waals surface area contributed by atoms with E-state index in [1.54, 1.807) is 60.5 Å². The second kappa shape index (κ2) is 55.0. The van der Waals surface area contributed by atoms with Crippen LogP contribution in [-0.4, -0.2) is 182 Å². The average Bonchev–Trinajstić information content (AvgIpc) is 0.822. The molecular formula is C83H134F3NO17. The molecule has 0 saturated heterocycles. The van der Waals surface area contributed by atoms with Gasteiger partial charge in [-0.2, -0.15) is 13.2 Å². The van der Waals surface area contributed by atoms with E-state index in [1.165, 1.54) is 18.8 Å². The van der Waals surface area contributed by atoms with Crippen molar-refractivity contribution in [2.24, 2.45) is 29.6 Å². The Bertz CT molecular complexity index is 2620. The fraction of sp³-hybridized carbons (Fsp3) is 0.687. The first-order valence-electron chi connectivity index (χ1n) is 37.6. The van der Waals surface area contributed by atoms with Gasteiger partial charge in [-0.3, -0.25) is 14.4 Å². The Labute approximate surface area is 621 Å². The summed E-state index contributed by atoms with van der Waals surface area (Å²) in [6, 6.07) is 0. The Balaban J connectivity index is 0.000000651. The van der Waals surface area contributed by atoms with Crippen LogP contribution in [0.3, 0.4) is 0 Å². The standard InChI is InChI=1S/C18H29F3O3.C17H28O3.C16H27NO3.C16H26O4.C16H24O4/c1-13-9-11-17(23,18(19,20)21)10-7-5-4-6-8-15(24-3)16(22)14(2)12-13;1-13-10-11-15(18)8-6-4-5-7-9-16(20-3)17(19)14(2)12-13;1-12-10-13(2)16(19)14(20-3)8-6-4-5-7-9-15(18)17-11-12;2*1-12-10-13(2)16(18)14(19-3)8-6-4-5-7-9-15(17)20-11-12/h6,8,12,14-16,22-23H,4-5,7,9-11H2,1-3H3;7,9,12,14,16-17,19H,4-6,8,10-11H2,1-3H3;6,8,10,13-14,16,19H,4-5,7,9,11H2,1-3H3,(H,17,18);6,8,10,13-14,16,18H,4-5,7,9,11H2,1-3H3;6-10,13-14,16,18H,4-5,11H2,1-3H3/b8-6+,13-12-;9-7+,13-12-;2*8-6+,12-10-;8-6+,9-7+,12-10-/t14-,15+,16+,17?;14-,16+,17+;3*13-,14+,16+/m11111/s1. The molecule has 3 heterocycles. The smallest absolute Gasteiger partial charge is 0.417 e. The number of carbonyl (C=O) groups excluding carboxylic acids is 4. The number of hydrogen-bond acceptors (Lipinski definition) is 17. The molecule has 0 aromatic carbocycles. The first kappa shape index (κ1) is 96.6. The number of cyclic esters (lactones) is 2. The lowest BCUT2D eigenvalue weighted by molar-refractivity contribution is -0.265. The van der Waals surface area contributed by atoms with Gasteiger partial charge < -0.3 is 69.1 Å². The number of halogens is 3. The lowest BCUT2D eigenvalue weighted by Crippen LogP contribution is -2.45. The maximum Gasteiger partial charge on any atom is 0.417 e. The van der Waals surface area contributed by atoms with Crippen molar-refractivity contribution in [3.05, 3.63) is 131 Å². The van der Waals surface area contributed by atoms with Crippen LogP contribution in [0.5, 0.6) is 0 Å². The maximum absolute atomic E-state index is 13.2. The van der Waals surface area contributed by atoms with E-state index >= 15 is 0 Å². The van der Waals surface area contributed by atoms with Gasteiger partial charge in [0.25, 0.3) is 0 Å². The minimum atomic E-state index is -4.63. The normalized spacial score (nSPS) is 35.5. The Kier molecular flexibility index (Phi) is 51.1. The number of ether oxygens (including phenoxy) is 7. The fourth-order valence-electron chi connectivity index (χ4n) is 12.2. The van der Waals surface area contributed by atoms with Crippen molar-refractivity contribution in [3.8, 4) is 0 Å². The number of aliphatic hydroxyl groups excluding tert-OH is 5. The molecule has 0 spiro atoms. The summed E-state index contributed by atoms with van der Waals surface area (Å²) < 4.78 is 76.6. The zero-order chi connectivity index (χ0) is 78.2. The molecular weight excluding hydrogens is 1340 g/mol. The highest BCUT2D eigenvalue weighted by Gasteiger charge is 2.52. The number of hydrogen-bond donors (Lipinski definition) is 7. The number of rotatable bonds is 5. The van der Waals surface area contributed by atoms with E-state index in [2.05, 4.69) is 17.5 Å². The summed E-state index contributed by atoms with van der Waals surface area (Å²) in [7, 11) is 7.96. The van der Waals surface area contributed by atoms with Crippen molar-refractivity contribution in [1.82, 2.24) is 5.32 Å². The van der Waals surface area contributed by atoms with Gasteiger partial charge in [-0.25, -0.2) is 4.79 Å². The Morgan fingerprint density at radius 2 is 0.760 bits per heavy atom. The Morgan fingerprint density at radius 1 is 0.413 bits per heavy atom. The third kappa shape index (κ3) is 41.6. The van der Waals surface area contributed by atoms with Gasteiger partial charge >= 0.3 is 18.1 Å². The molecule has 7 N–H and O–H groups in total. The fourth-order valence-corrected chi connectivity index (χ4v) is 12.2. The zero-order valence-electron chi connectivity index (χ0n) is 65.5. The largest absolute Gasteiger partial charge is 0.461 e. The van der Waals surface area contributed by atoms with Gasteiger partial charge in [0.1, 0.15) is 49.5 Å². The zero-order valence-corrected chi connectivity index (χ0v) is 65.5. The van der Waals surface area contributed by atoms with Crippen LogP contribution in [0, 0.1) is 29.6 Å². The van der Waals surface area contributed by atoms with E-state index in [1.807, 2.05) is 122 Å². The quantitative estimate of drug-likeness (QED) is 0.0996. The molecule has 0 radical (unpaired) electrons. The Hall–Kier alpha value is -5.43. The van der Waals surface area contributed by atoms with Gasteiger partial charge in [-0.1, -0.05) is 149 Å². The first-order chi connectivity index (χ1) is 49.3. The molecule has 0 fully saturated rings. The third-order valence-corrected chi connectivity index (χ3v) is 18.9. The van der Waals surface area contributed by atoms with Crippen LogP contribution in [0.15, 0.2) is 131 Å². The molecule has 0 saturated carbocycles. The molecule has 0 bridgehead atoms. The van der Waals surface area contributed by atoms with E-state index < -0.39 is 48.4 Å². The summed E-state index contributed by atoms with van der Waals surface area (Å²) in [4.78, 5) is 46.3. The van der Waals surface area contributed by atoms with E-state index in [0.29, 0.717) is 63.9 Å². The van der Waals surface area contributed by atoms with E-state index in [9.17, 15) is 63.0 Å². The van der Waals surface area contributed by atoms with Crippen molar-refractivity contribution in [2.45, 2.75) is 283 Å². The topological polar surface area (TPSA) is 266 Å². The van der Waals surface area contributed by atoms with Crippen LogP contribution in [0.1, 0.15) is 210 Å². The Morgan fingerprint density at radius 3 is 1.17 bits per heavy atom. The summed E-state index contributed by atoms with van der Waals surface area (Å²) in [6.07, 6.45) is 36.7. The number of aliphatic hydroxyl groups is 6. The third-order valence-electron chi connectivity index (χ3n) is 18.9. The van der Waals surface area contributed by atoms with Crippen LogP contribution >= 0.6 is 0 Å². The van der Waals surface area contributed by atoms with Gasteiger partial charge in [0, 0.05) is 103 Å². The molecule has 21 heteroatoms. The summed E-state index contributed by atoms with van der Waals surface area (Å²) >= 11 is 0. The number of nitrogens with one attached hydrogen (secondary N) is 1. The first-order valence-corrected chi connectivity index (χ1v) is 37.6. The highest BCUT2D eigenvalue weighted by atomic mass is 19.4. The maximum atomic E-state index is 13.2. The number of esters is 2. The predicted molar refractivity (Wildman–Crippen MR) is 406 cm³/mol. The molecule has 18 nitrogen and oxygen atoms in total. The summed E-state index contributed by atoms with van der Waals surface area (Å²) in [5.74, 6) is -0.450. The van der Waals surface area contributed by atoms with Crippen LogP contribution in [0.4, 0.5) is 13.2 Å². The molecule has 0 aromatic rings. The molecule has 2 aliphatic carbocycles. The second-order valence-corrected chi connectivity index (χ2v) is 28.5. The molecule has 5 rings (SSSR count). The lowest BCUT2D eigenvalue weighted by Gasteiger charge is -2.31. The summed E-state index contributed by atoms with van der Waals surface area (Å²) in [5.41, 5.74) is 2.16. The van der Waals surface area contributed by atoms with Crippen molar-refractivity contribution >= 4 is 23.6 Å². The molecule has 1 unspecified atom stereocenters. The van der Waals surface area contributed by atoms with Crippen LogP contribution in [0.25, 0.3) is 0 Å². The number of carbonyl (C=O) groups is 4. The lowest BCUT2D eigenvalue weighted by atomic mass is 9.87. The van der Waals surface area contributed by atoms with Gasteiger partial charge in [-0.05, 0) is 161 Å². The molecule has 5 aliphatic rings. The number of allylic oxidation sites excluding steroid dienone is 8. The van der Waals surface area contributed by atoms with Crippen molar-refractivity contribution < 1.29 is 96.1 Å².